The van der Waals surface area contributed by atoms with Crippen molar-refractivity contribution in [1.29, 1.82) is 0 Å². The molecule has 0 radical (unpaired) electrons. The van der Waals surface area contributed by atoms with Crippen LogP contribution in [-0.2, 0) is 6.42 Å². The summed E-state index contributed by atoms with van der Waals surface area (Å²) in [6.45, 7) is 2.17. The predicted molar refractivity (Wildman–Crippen MR) is 79.5 cm³/mol. The summed E-state index contributed by atoms with van der Waals surface area (Å²) in [4.78, 5) is 15.2. The molecule has 1 aromatic heterocycles. The number of carboxylic acid groups (broad SMARTS) is 1. The topological polar surface area (TPSA) is 62.2 Å². The summed E-state index contributed by atoms with van der Waals surface area (Å²) in [7, 11) is 0. The van der Waals surface area contributed by atoms with Crippen LogP contribution in [0.4, 0.5) is 11.5 Å². The Balaban J connectivity index is 2.12. The molecule has 0 aliphatic carbocycles. The Kier molecular flexibility index (Phi) is 4.71. The number of hydrogen-bond acceptors (Lipinski definition) is 3. The molecule has 2 aromatic rings. The molecule has 0 aliphatic heterocycles. The van der Waals surface area contributed by atoms with Gasteiger partial charge in [0.1, 0.15) is 11.4 Å². The normalized spacial score (nSPS) is 10.2. The lowest BCUT2D eigenvalue weighted by Gasteiger charge is -2.09. The zero-order chi connectivity index (χ0) is 14.4. The molecule has 0 saturated heterocycles. The quantitative estimate of drug-likeness (QED) is 0.836. The van der Waals surface area contributed by atoms with Gasteiger partial charge in [0.2, 0.25) is 0 Å². The lowest BCUT2D eigenvalue weighted by atomic mass is 10.1. The van der Waals surface area contributed by atoms with Crippen LogP contribution in [0.1, 0.15) is 35.7 Å². The van der Waals surface area contributed by atoms with Crippen LogP contribution in [0.3, 0.4) is 0 Å². The molecule has 0 unspecified atom stereocenters. The fourth-order valence-electron chi connectivity index (χ4n) is 1.95. The lowest BCUT2D eigenvalue weighted by Crippen LogP contribution is -2.04. The van der Waals surface area contributed by atoms with Crippen molar-refractivity contribution in [3.63, 3.8) is 0 Å². The Bertz CT molecular complexity index is 579. The number of anilines is 2. The maximum absolute atomic E-state index is 11.1. The van der Waals surface area contributed by atoms with E-state index in [0.717, 1.165) is 12.1 Å². The van der Waals surface area contributed by atoms with Gasteiger partial charge < -0.3 is 10.4 Å². The molecular weight excluding hydrogens is 252 g/mol. The number of nitrogens with zero attached hydrogens (tertiary/aromatic N) is 1. The Morgan fingerprint density at radius 2 is 2.00 bits per heavy atom. The van der Waals surface area contributed by atoms with Crippen LogP contribution in [0.25, 0.3) is 0 Å². The number of pyridine rings is 1. The zero-order valence-corrected chi connectivity index (χ0v) is 11.5. The maximum atomic E-state index is 11.1. The van der Waals surface area contributed by atoms with Crippen LogP contribution in [0.15, 0.2) is 42.6 Å². The molecule has 20 heavy (non-hydrogen) atoms. The average Bonchev–Trinajstić information content (AvgIpc) is 2.47. The van der Waals surface area contributed by atoms with E-state index in [-0.39, 0.29) is 5.56 Å². The molecule has 1 heterocycles. The lowest BCUT2D eigenvalue weighted by molar-refractivity contribution is 0.0697. The first-order valence-electron chi connectivity index (χ1n) is 6.75. The largest absolute Gasteiger partial charge is 0.478 e. The molecule has 0 amide bonds. The monoisotopic (exact) mass is 270 g/mol. The second-order valence-electron chi connectivity index (χ2n) is 4.63. The van der Waals surface area contributed by atoms with Gasteiger partial charge in [-0.2, -0.15) is 0 Å². The summed E-state index contributed by atoms with van der Waals surface area (Å²) >= 11 is 0. The molecule has 2 rings (SSSR count). The molecule has 2 N–H and O–H groups in total. The van der Waals surface area contributed by atoms with E-state index >= 15 is 0 Å². The van der Waals surface area contributed by atoms with E-state index in [2.05, 4.69) is 29.4 Å². The van der Waals surface area contributed by atoms with E-state index in [1.807, 2.05) is 12.1 Å². The fourth-order valence-corrected chi connectivity index (χ4v) is 1.95. The molecule has 0 bridgehead atoms. The van der Waals surface area contributed by atoms with Gasteiger partial charge in [0.15, 0.2) is 0 Å². The van der Waals surface area contributed by atoms with E-state index in [0.29, 0.717) is 5.82 Å². The van der Waals surface area contributed by atoms with Crippen molar-refractivity contribution in [2.24, 2.45) is 0 Å². The van der Waals surface area contributed by atoms with Crippen molar-refractivity contribution in [1.82, 2.24) is 4.98 Å². The average molecular weight is 270 g/mol. The number of unbranched alkanes of at least 4 members (excludes halogenated alkanes) is 1. The maximum Gasteiger partial charge on any atom is 0.339 e. The van der Waals surface area contributed by atoms with E-state index in [1.165, 1.54) is 24.5 Å². The van der Waals surface area contributed by atoms with Crippen molar-refractivity contribution >= 4 is 17.5 Å². The summed E-state index contributed by atoms with van der Waals surface area (Å²) in [6.07, 6.45) is 5.00. The number of carbonyl (C=O) groups is 1. The predicted octanol–water partition coefficient (Wildman–Crippen LogP) is 3.87. The number of carboxylic acids is 1. The summed E-state index contributed by atoms with van der Waals surface area (Å²) in [5.41, 5.74) is 2.30. The first-order chi connectivity index (χ1) is 9.70. The Hall–Kier alpha value is -2.36. The number of rotatable bonds is 6. The van der Waals surface area contributed by atoms with Crippen LogP contribution in [-0.4, -0.2) is 16.1 Å². The van der Waals surface area contributed by atoms with Crippen molar-refractivity contribution in [3.8, 4) is 0 Å². The smallest absolute Gasteiger partial charge is 0.339 e. The van der Waals surface area contributed by atoms with Gasteiger partial charge in [-0.3, -0.25) is 0 Å². The second kappa shape index (κ2) is 6.70. The summed E-state index contributed by atoms with van der Waals surface area (Å²) in [5, 5.41) is 12.2. The molecule has 4 nitrogen and oxygen atoms in total. The molecule has 0 saturated carbocycles. The molecular formula is C16H18N2O2. The molecule has 104 valence electrons. The van der Waals surface area contributed by atoms with Crippen molar-refractivity contribution in [2.45, 2.75) is 26.2 Å². The third-order valence-corrected chi connectivity index (χ3v) is 3.07. The number of hydrogen-bond donors (Lipinski definition) is 2. The first kappa shape index (κ1) is 14.1. The zero-order valence-electron chi connectivity index (χ0n) is 11.5. The fraction of sp³-hybridized carbons (Fsp3) is 0.250. The number of aromatic nitrogens is 1. The van der Waals surface area contributed by atoms with Crippen LogP contribution in [0.5, 0.6) is 0 Å². The molecule has 0 aliphatic rings. The molecule has 4 heteroatoms. The van der Waals surface area contributed by atoms with Crippen LogP contribution >= 0.6 is 0 Å². The Morgan fingerprint density at radius 1 is 1.25 bits per heavy atom. The standard InChI is InChI=1S/C16H18N2O2/c1-2-3-5-12-7-9-13(10-8-12)18-15-14(16(19)20)6-4-11-17-15/h4,6-11H,2-3,5H2,1H3,(H,17,18)(H,19,20). The minimum atomic E-state index is -0.986. The highest BCUT2D eigenvalue weighted by Crippen LogP contribution is 2.19. The third-order valence-electron chi connectivity index (χ3n) is 3.07. The van der Waals surface area contributed by atoms with Gasteiger partial charge >= 0.3 is 5.97 Å². The van der Waals surface area contributed by atoms with Gasteiger partial charge in [0.05, 0.1) is 0 Å². The number of aromatic carboxylic acids is 1. The van der Waals surface area contributed by atoms with Crippen LogP contribution < -0.4 is 5.32 Å². The highest BCUT2D eigenvalue weighted by Gasteiger charge is 2.10. The van der Waals surface area contributed by atoms with Gasteiger partial charge in [-0.1, -0.05) is 25.5 Å². The minimum absolute atomic E-state index is 0.169. The van der Waals surface area contributed by atoms with E-state index in [9.17, 15) is 4.79 Å². The van der Waals surface area contributed by atoms with Crippen LogP contribution in [0.2, 0.25) is 0 Å². The van der Waals surface area contributed by atoms with Crippen molar-refractivity contribution in [3.05, 3.63) is 53.7 Å². The highest BCUT2D eigenvalue weighted by molar-refractivity contribution is 5.93. The summed E-state index contributed by atoms with van der Waals surface area (Å²) < 4.78 is 0. The van der Waals surface area contributed by atoms with Crippen LogP contribution in [0, 0.1) is 0 Å². The second-order valence-corrected chi connectivity index (χ2v) is 4.63. The highest BCUT2D eigenvalue weighted by atomic mass is 16.4. The number of aryl methyl sites for hydroxylation is 1. The molecule has 1 aromatic carbocycles. The summed E-state index contributed by atoms with van der Waals surface area (Å²) in [6, 6.07) is 11.2. The number of benzene rings is 1. The summed E-state index contributed by atoms with van der Waals surface area (Å²) in [5.74, 6) is -0.624. The van der Waals surface area contributed by atoms with Gasteiger partial charge in [-0.15, -0.1) is 0 Å². The van der Waals surface area contributed by atoms with Gasteiger partial charge in [-0.05, 0) is 42.7 Å². The van der Waals surface area contributed by atoms with Crippen molar-refractivity contribution < 1.29 is 9.90 Å². The van der Waals surface area contributed by atoms with E-state index in [1.54, 1.807) is 12.3 Å². The first-order valence-corrected chi connectivity index (χ1v) is 6.75. The minimum Gasteiger partial charge on any atom is -0.478 e. The molecule has 0 atom stereocenters. The van der Waals surface area contributed by atoms with Crippen molar-refractivity contribution in [2.75, 3.05) is 5.32 Å². The third kappa shape index (κ3) is 3.57. The van der Waals surface area contributed by atoms with E-state index in [4.69, 9.17) is 5.11 Å². The molecule has 0 spiro atoms. The number of nitrogens with one attached hydrogen (secondary N) is 1. The Morgan fingerprint density at radius 3 is 2.65 bits per heavy atom. The van der Waals surface area contributed by atoms with Gasteiger partial charge in [-0.25, -0.2) is 9.78 Å². The van der Waals surface area contributed by atoms with Gasteiger partial charge in [0.25, 0.3) is 0 Å². The Labute approximate surface area is 118 Å². The van der Waals surface area contributed by atoms with Gasteiger partial charge in [0, 0.05) is 11.9 Å². The SMILES string of the molecule is CCCCc1ccc(Nc2ncccc2C(=O)O)cc1. The van der Waals surface area contributed by atoms with E-state index < -0.39 is 5.97 Å². The molecule has 0 fully saturated rings.